The number of rotatable bonds is 4. The Balaban J connectivity index is 1.51. The zero-order chi connectivity index (χ0) is 21.9. The van der Waals surface area contributed by atoms with Crippen LogP contribution in [0.1, 0.15) is 11.4 Å². The fraction of sp³-hybridized carbons (Fsp3) is 0. The third kappa shape index (κ3) is 4.52. The third-order valence-electron chi connectivity index (χ3n) is 4.91. The van der Waals surface area contributed by atoms with Crippen molar-refractivity contribution < 1.29 is 0 Å². The lowest BCUT2D eigenvalue weighted by Gasteiger charge is -2.05. The Morgan fingerprint density at radius 2 is 0.875 bits per heavy atom. The zero-order valence-corrected chi connectivity index (χ0v) is 18.3. The molecule has 6 heteroatoms. The normalized spacial score (nSPS) is 11.8. The van der Waals surface area contributed by atoms with Crippen molar-refractivity contribution in [2.75, 3.05) is 0 Å². The van der Waals surface area contributed by atoms with Crippen LogP contribution in [0.15, 0.2) is 94.9 Å². The summed E-state index contributed by atoms with van der Waals surface area (Å²) >= 11 is 11.9. The zero-order valence-electron chi connectivity index (χ0n) is 16.8. The average molecular weight is 455 g/mol. The molecule has 32 heavy (non-hydrogen) atoms. The molecule has 0 unspecified atom stereocenters. The minimum absolute atomic E-state index is 0.681. The molecule has 0 N–H and O–H groups in total. The second kappa shape index (κ2) is 8.87. The standard InChI is InChI=1S/C26H16Cl2N4/c27-19-5-11-21(12-6-19)29-15-23-9-3-17-1-2-18-4-10-24(32-26(18)25(17)31-23)16-30-22-13-7-20(28)8-14-22/h1-16H. The maximum atomic E-state index is 5.94. The fourth-order valence-corrected chi connectivity index (χ4v) is 3.53. The third-order valence-corrected chi connectivity index (χ3v) is 5.41. The van der Waals surface area contributed by atoms with Gasteiger partial charge in [-0.05, 0) is 60.7 Å². The van der Waals surface area contributed by atoms with Crippen LogP contribution in [0.5, 0.6) is 0 Å². The summed E-state index contributed by atoms with van der Waals surface area (Å²) in [6.07, 6.45) is 3.49. The van der Waals surface area contributed by atoms with E-state index >= 15 is 0 Å². The lowest BCUT2D eigenvalue weighted by Crippen LogP contribution is -1.93. The molecule has 5 aromatic rings. The van der Waals surface area contributed by atoms with Gasteiger partial charge in [-0.25, -0.2) is 9.97 Å². The summed E-state index contributed by atoms with van der Waals surface area (Å²) in [6.45, 7) is 0. The quantitative estimate of drug-likeness (QED) is 0.207. The summed E-state index contributed by atoms with van der Waals surface area (Å²) in [4.78, 5) is 18.6. The number of fused-ring (bicyclic) bond motifs is 3. The molecule has 0 aliphatic carbocycles. The molecule has 0 fully saturated rings. The van der Waals surface area contributed by atoms with Crippen molar-refractivity contribution in [2.24, 2.45) is 9.98 Å². The van der Waals surface area contributed by atoms with E-state index in [1.165, 1.54) is 0 Å². The van der Waals surface area contributed by atoms with Crippen molar-refractivity contribution in [1.82, 2.24) is 9.97 Å². The maximum absolute atomic E-state index is 5.94. The highest BCUT2D eigenvalue weighted by Crippen LogP contribution is 2.23. The van der Waals surface area contributed by atoms with Crippen molar-refractivity contribution in [1.29, 1.82) is 0 Å². The van der Waals surface area contributed by atoms with Crippen LogP contribution >= 0.6 is 23.2 Å². The van der Waals surface area contributed by atoms with E-state index in [1.54, 1.807) is 12.4 Å². The highest BCUT2D eigenvalue weighted by molar-refractivity contribution is 6.30. The number of halogens is 2. The lowest BCUT2D eigenvalue weighted by atomic mass is 10.1. The highest BCUT2D eigenvalue weighted by Gasteiger charge is 2.06. The van der Waals surface area contributed by atoms with Crippen LogP contribution in [0.4, 0.5) is 11.4 Å². The molecule has 0 atom stereocenters. The van der Waals surface area contributed by atoms with E-state index in [4.69, 9.17) is 33.2 Å². The van der Waals surface area contributed by atoms with E-state index in [0.29, 0.717) is 10.0 Å². The molecular formula is C26H16Cl2N4. The number of hydrogen-bond donors (Lipinski definition) is 0. The van der Waals surface area contributed by atoms with Crippen molar-refractivity contribution >= 4 is 68.8 Å². The summed E-state index contributed by atoms with van der Waals surface area (Å²) in [5.74, 6) is 0. The first kappa shape index (κ1) is 20.3. The van der Waals surface area contributed by atoms with Gasteiger partial charge in [0.1, 0.15) is 0 Å². The van der Waals surface area contributed by atoms with Crippen LogP contribution in [-0.4, -0.2) is 22.4 Å². The molecule has 0 amide bonds. The van der Waals surface area contributed by atoms with Gasteiger partial charge in [-0.2, -0.15) is 0 Å². The van der Waals surface area contributed by atoms with E-state index in [0.717, 1.165) is 44.6 Å². The Morgan fingerprint density at radius 1 is 0.500 bits per heavy atom. The van der Waals surface area contributed by atoms with E-state index in [9.17, 15) is 0 Å². The average Bonchev–Trinajstić information content (AvgIpc) is 2.83. The topological polar surface area (TPSA) is 50.5 Å². The summed E-state index contributed by atoms with van der Waals surface area (Å²) in [7, 11) is 0. The Kier molecular flexibility index (Phi) is 5.63. The first-order chi connectivity index (χ1) is 15.6. The summed E-state index contributed by atoms with van der Waals surface area (Å²) in [5.41, 5.74) is 4.78. The Morgan fingerprint density at radius 3 is 1.28 bits per heavy atom. The molecule has 0 bridgehead atoms. The predicted octanol–water partition coefficient (Wildman–Crippen LogP) is 7.59. The molecule has 0 saturated carbocycles. The number of hydrogen-bond acceptors (Lipinski definition) is 4. The van der Waals surface area contributed by atoms with Gasteiger partial charge in [0.15, 0.2) is 0 Å². The van der Waals surface area contributed by atoms with E-state index in [2.05, 4.69) is 9.98 Å². The SMILES string of the molecule is Clc1ccc(N=Cc2ccc3ccc4ccc(C=Nc5ccc(Cl)cc5)nc4c3n2)cc1. The van der Waals surface area contributed by atoms with Crippen molar-refractivity contribution in [3.63, 3.8) is 0 Å². The van der Waals surface area contributed by atoms with E-state index < -0.39 is 0 Å². The van der Waals surface area contributed by atoms with Gasteiger partial charge >= 0.3 is 0 Å². The molecule has 0 spiro atoms. The van der Waals surface area contributed by atoms with Crippen LogP contribution in [0.25, 0.3) is 21.8 Å². The monoisotopic (exact) mass is 454 g/mol. The lowest BCUT2D eigenvalue weighted by molar-refractivity contribution is 1.34. The molecule has 2 aromatic heterocycles. The highest BCUT2D eigenvalue weighted by atomic mass is 35.5. The number of nitrogens with zero attached hydrogens (tertiary/aromatic N) is 4. The Labute approximate surface area is 194 Å². The van der Waals surface area contributed by atoms with Crippen molar-refractivity contribution in [3.05, 3.63) is 106 Å². The van der Waals surface area contributed by atoms with Gasteiger partial charge in [-0.1, -0.05) is 47.5 Å². The Bertz CT molecular complexity index is 1360. The number of aromatic nitrogens is 2. The Hall–Kier alpha value is -3.60. The molecule has 154 valence electrons. The molecular weight excluding hydrogens is 439 g/mol. The number of benzene rings is 3. The molecule has 0 aliphatic rings. The summed E-state index contributed by atoms with van der Waals surface area (Å²) < 4.78 is 0. The molecule has 4 nitrogen and oxygen atoms in total. The molecule has 5 rings (SSSR count). The molecule has 0 saturated heterocycles. The van der Waals surface area contributed by atoms with Crippen LogP contribution in [0.2, 0.25) is 10.0 Å². The first-order valence-corrected chi connectivity index (χ1v) is 10.7. The number of pyridine rings is 2. The van der Waals surface area contributed by atoms with Crippen LogP contribution in [0.3, 0.4) is 0 Å². The van der Waals surface area contributed by atoms with Gasteiger partial charge in [-0.3, -0.25) is 9.98 Å². The minimum atomic E-state index is 0.681. The maximum Gasteiger partial charge on any atom is 0.0972 e. The second-order valence-corrected chi connectivity index (χ2v) is 8.02. The largest absolute Gasteiger partial charge is 0.255 e. The van der Waals surface area contributed by atoms with Crippen LogP contribution in [0, 0.1) is 0 Å². The van der Waals surface area contributed by atoms with Crippen molar-refractivity contribution in [3.8, 4) is 0 Å². The summed E-state index contributed by atoms with van der Waals surface area (Å²) in [6, 6.07) is 26.7. The predicted molar refractivity (Wildman–Crippen MR) is 134 cm³/mol. The number of aliphatic imine (C=N–C) groups is 2. The molecule has 2 heterocycles. The van der Waals surface area contributed by atoms with Crippen LogP contribution < -0.4 is 0 Å². The van der Waals surface area contributed by atoms with Gasteiger partial charge in [-0.15, -0.1) is 0 Å². The van der Waals surface area contributed by atoms with Crippen molar-refractivity contribution in [2.45, 2.75) is 0 Å². The van der Waals surface area contributed by atoms with Gasteiger partial charge in [0.2, 0.25) is 0 Å². The second-order valence-electron chi connectivity index (χ2n) is 7.15. The van der Waals surface area contributed by atoms with Gasteiger partial charge in [0, 0.05) is 20.8 Å². The van der Waals surface area contributed by atoms with E-state index in [1.807, 2.05) is 84.9 Å². The van der Waals surface area contributed by atoms with Gasteiger partial charge in [0.25, 0.3) is 0 Å². The molecule has 0 radical (unpaired) electrons. The first-order valence-electron chi connectivity index (χ1n) is 9.94. The van der Waals surface area contributed by atoms with Gasteiger partial charge < -0.3 is 0 Å². The smallest absolute Gasteiger partial charge is 0.0972 e. The fourth-order valence-electron chi connectivity index (χ4n) is 3.28. The molecule has 0 aliphatic heterocycles. The van der Waals surface area contributed by atoms with Crippen LogP contribution in [-0.2, 0) is 0 Å². The molecule has 3 aromatic carbocycles. The summed E-state index contributed by atoms with van der Waals surface area (Å²) in [5, 5.41) is 3.39. The van der Waals surface area contributed by atoms with E-state index in [-0.39, 0.29) is 0 Å². The minimum Gasteiger partial charge on any atom is -0.255 e. The van der Waals surface area contributed by atoms with Gasteiger partial charge in [0.05, 0.1) is 46.2 Å².